The van der Waals surface area contributed by atoms with Gasteiger partial charge in [-0.1, -0.05) is 0 Å². The summed E-state index contributed by atoms with van der Waals surface area (Å²) < 4.78 is 14.2. The van der Waals surface area contributed by atoms with Crippen LogP contribution in [0.15, 0.2) is 18.5 Å². The van der Waals surface area contributed by atoms with Crippen molar-refractivity contribution in [2.24, 2.45) is 5.92 Å². The Kier molecular flexibility index (Phi) is 3.31. The summed E-state index contributed by atoms with van der Waals surface area (Å²) in [6.45, 7) is 3.82. The van der Waals surface area contributed by atoms with E-state index in [-0.39, 0.29) is 5.92 Å². The number of alkyl halides is 1. The Bertz CT molecular complexity index is 321. The monoisotopic (exact) mass is 208 g/mol. The summed E-state index contributed by atoms with van der Waals surface area (Å²) in [5, 5.41) is 3.25. The third kappa shape index (κ3) is 2.34. The van der Waals surface area contributed by atoms with Crippen molar-refractivity contribution in [3.05, 3.63) is 29.6 Å². The van der Waals surface area contributed by atoms with E-state index in [1.54, 1.807) is 12.4 Å². The molecule has 82 valence electrons. The molecule has 0 bridgehead atoms. The summed E-state index contributed by atoms with van der Waals surface area (Å²) in [4.78, 5) is 4.01. The minimum atomic E-state index is -0.846. The molecule has 0 spiro atoms. The van der Waals surface area contributed by atoms with E-state index in [0.29, 0.717) is 0 Å². The summed E-state index contributed by atoms with van der Waals surface area (Å²) in [6, 6.07) is 1.88. The number of rotatable bonds is 2. The molecule has 1 aromatic heterocycles. The minimum Gasteiger partial charge on any atom is -0.317 e. The van der Waals surface area contributed by atoms with Gasteiger partial charge in [-0.25, -0.2) is 4.39 Å². The average Bonchev–Trinajstić information content (AvgIpc) is 2.30. The summed E-state index contributed by atoms with van der Waals surface area (Å²) in [6.07, 6.45) is 4.39. The van der Waals surface area contributed by atoms with Gasteiger partial charge in [0.15, 0.2) is 0 Å². The topological polar surface area (TPSA) is 24.9 Å². The third-order valence-electron chi connectivity index (χ3n) is 3.17. The lowest BCUT2D eigenvalue weighted by molar-refractivity contribution is 0.189. The number of aryl methyl sites for hydroxylation is 1. The van der Waals surface area contributed by atoms with Crippen LogP contribution in [0.5, 0.6) is 0 Å². The molecule has 2 heterocycles. The highest BCUT2D eigenvalue weighted by molar-refractivity contribution is 5.24. The number of nitrogens with zero attached hydrogens (tertiary/aromatic N) is 1. The predicted molar refractivity (Wildman–Crippen MR) is 58.4 cm³/mol. The molecule has 3 heteroatoms. The van der Waals surface area contributed by atoms with Crippen LogP contribution in [0.2, 0.25) is 0 Å². The van der Waals surface area contributed by atoms with Crippen molar-refractivity contribution in [1.82, 2.24) is 10.3 Å². The molecule has 1 atom stereocenters. The van der Waals surface area contributed by atoms with Gasteiger partial charge < -0.3 is 5.32 Å². The van der Waals surface area contributed by atoms with Gasteiger partial charge in [-0.2, -0.15) is 0 Å². The van der Waals surface area contributed by atoms with Crippen LogP contribution < -0.4 is 5.32 Å². The molecule has 1 unspecified atom stereocenters. The van der Waals surface area contributed by atoms with E-state index < -0.39 is 6.17 Å². The molecule has 1 aliphatic rings. The normalized spacial score (nSPS) is 20.1. The lowest BCUT2D eigenvalue weighted by Gasteiger charge is -2.26. The fraction of sp³-hybridized carbons (Fsp3) is 0.583. The molecule has 0 saturated carbocycles. The van der Waals surface area contributed by atoms with Gasteiger partial charge in [-0.05, 0) is 50.4 Å². The zero-order chi connectivity index (χ0) is 10.7. The van der Waals surface area contributed by atoms with Crippen LogP contribution >= 0.6 is 0 Å². The second-order valence-corrected chi connectivity index (χ2v) is 4.22. The maximum atomic E-state index is 14.2. The SMILES string of the molecule is Cc1ccncc1C(F)C1CCNCC1. The fourth-order valence-corrected chi connectivity index (χ4v) is 2.16. The highest BCUT2D eigenvalue weighted by atomic mass is 19.1. The Morgan fingerprint density at radius 3 is 2.87 bits per heavy atom. The van der Waals surface area contributed by atoms with Crippen molar-refractivity contribution in [2.45, 2.75) is 25.9 Å². The van der Waals surface area contributed by atoms with Gasteiger partial charge >= 0.3 is 0 Å². The molecule has 1 aromatic rings. The van der Waals surface area contributed by atoms with Crippen molar-refractivity contribution < 1.29 is 4.39 Å². The Morgan fingerprint density at radius 1 is 1.47 bits per heavy atom. The van der Waals surface area contributed by atoms with E-state index in [1.807, 2.05) is 13.0 Å². The second-order valence-electron chi connectivity index (χ2n) is 4.22. The Balaban J connectivity index is 2.12. The first-order valence-corrected chi connectivity index (χ1v) is 5.54. The number of halogens is 1. The third-order valence-corrected chi connectivity index (χ3v) is 3.17. The van der Waals surface area contributed by atoms with E-state index in [0.717, 1.165) is 37.1 Å². The van der Waals surface area contributed by atoms with Gasteiger partial charge in [0.2, 0.25) is 0 Å². The molecular formula is C12H17FN2. The first kappa shape index (κ1) is 10.6. The maximum Gasteiger partial charge on any atom is 0.130 e. The van der Waals surface area contributed by atoms with Crippen LogP contribution in [0, 0.1) is 12.8 Å². The van der Waals surface area contributed by atoms with Gasteiger partial charge in [-0.15, -0.1) is 0 Å². The predicted octanol–water partition coefficient (Wildman–Crippen LogP) is 2.40. The number of aromatic nitrogens is 1. The summed E-state index contributed by atoms with van der Waals surface area (Å²) >= 11 is 0. The van der Waals surface area contributed by atoms with E-state index in [1.165, 1.54) is 0 Å². The number of nitrogens with one attached hydrogen (secondary N) is 1. The van der Waals surface area contributed by atoms with E-state index >= 15 is 0 Å². The Hall–Kier alpha value is -0.960. The van der Waals surface area contributed by atoms with Crippen molar-refractivity contribution in [1.29, 1.82) is 0 Å². The van der Waals surface area contributed by atoms with Crippen molar-refractivity contribution >= 4 is 0 Å². The minimum absolute atomic E-state index is 0.161. The van der Waals surface area contributed by atoms with Crippen LogP contribution in [-0.4, -0.2) is 18.1 Å². The molecule has 0 radical (unpaired) electrons. The Morgan fingerprint density at radius 2 is 2.20 bits per heavy atom. The molecule has 0 amide bonds. The summed E-state index contributed by atoms with van der Waals surface area (Å²) in [5.74, 6) is 0.161. The molecule has 2 nitrogen and oxygen atoms in total. The van der Waals surface area contributed by atoms with Crippen LogP contribution in [-0.2, 0) is 0 Å². The van der Waals surface area contributed by atoms with Gasteiger partial charge in [0.1, 0.15) is 6.17 Å². The van der Waals surface area contributed by atoms with Gasteiger partial charge in [0.05, 0.1) is 0 Å². The van der Waals surface area contributed by atoms with Crippen LogP contribution in [0.1, 0.15) is 30.1 Å². The second kappa shape index (κ2) is 4.71. The van der Waals surface area contributed by atoms with E-state index in [2.05, 4.69) is 10.3 Å². The highest BCUT2D eigenvalue weighted by Gasteiger charge is 2.25. The van der Waals surface area contributed by atoms with Crippen LogP contribution in [0.3, 0.4) is 0 Å². The molecular weight excluding hydrogens is 191 g/mol. The standard InChI is InChI=1S/C12H17FN2/c1-9-2-5-15-8-11(9)12(13)10-3-6-14-7-4-10/h2,5,8,10,12,14H,3-4,6-7H2,1H3. The van der Waals surface area contributed by atoms with Crippen LogP contribution in [0.4, 0.5) is 4.39 Å². The highest BCUT2D eigenvalue weighted by Crippen LogP contribution is 2.33. The number of hydrogen-bond acceptors (Lipinski definition) is 2. The molecule has 1 N–H and O–H groups in total. The lowest BCUT2D eigenvalue weighted by atomic mass is 9.88. The summed E-state index contributed by atoms with van der Waals surface area (Å²) in [7, 11) is 0. The summed E-state index contributed by atoms with van der Waals surface area (Å²) in [5.41, 5.74) is 1.78. The molecule has 15 heavy (non-hydrogen) atoms. The van der Waals surface area contributed by atoms with Crippen molar-refractivity contribution in [3.63, 3.8) is 0 Å². The Labute approximate surface area is 89.9 Å². The molecule has 2 rings (SSSR count). The van der Waals surface area contributed by atoms with Gasteiger partial charge in [-0.3, -0.25) is 4.98 Å². The largest absolute Gasteiger partial charge is 0.317 e. The quantitative estimate of drug-likeness (QED) is 0.807. The molecule has 1 aliphatic heterocycles. The van der Waals surface area contributed by atoms with E-state index in [9.17, 15) is 4.39 Å². The number of pyridine rings is 1. The first-order chi connectivity index (χ1) is 7.29. The first-order valence-electron chi connectivity index (χ1n) is 5.54. The smallest absolute Gasteiger partial charge is 0.130 e. The van der Waals surface area contributed by atoms with Crippen LogP contribution in [0.25, 0.3) is 0 Å². The molecule has 1 fully saturated rings. The average molecular weight is 208 g/mol. The van der Waals surface area contributed by atoms with Gasteiger partial charge in [0.25, 0.3) is 0 Å². The molecule has 0 aliphatic carbocycles. The zero-order valence-electron chi connectivity index (χ0n) is 9.04. The number of hydrogen-bond donors (Lipinski definition) is 1. The fourth-order valence-electron chi connectivity index (χ4n) is 2.16. The van der Waals surface area contributed by atoms with Crippen molar-refractivity contribution in [3.8, 4) is 0 Å². The lowest BCUT2D eigenvalue weighted by Crippen LogP contribution is -2.30. The zero-order valence-corrected chi connectivity index (χ0v) is 9.04. The molecule has 1 saturated heterocycles. The number of piperidine rings is 1. The molecule has 0 aromatic carbocycles. The maximum absolute atomic E-state index is 14.2. The van der Waals surface area contributed by atoms with Crippen molar-refractivity contribution in [2.75, 3.05) is 13.1 Å². The van der Waals surface area contributed by atoms with E-state index in [4.69, 9.17) is 0 Å². The van der Waals surface area contributed by atoms with Gasteiger partial charge in [0, 0.05) is 18.0 Å².